The Balaban J connectivity index is 1.77. The van der Waals surface area contributed by atoms with Crippen LogP contribution in [-0.2, 0) is 19.1 Å². The van der Waals surface area contributed by atoms with Gasteiger partial charge in [-0.1, -0.05) is 13.0 Å². The molecule has 0 saturated carbocycles. The van der Waals surface area contributed by atoms with E-state index in [0.717, 1.165) is 4.90 Å². The molecule has 0 spiro atoms. The van der Waals surface area contributed by atoms with Crippen LogP contribution in [0.25, 0.3) is 5.57 Å². The number of carbonyl (C=O) groups is 4. The maximum absolute atomic E-state index is 12.8. The number of thioether (sulfide) groups is 1. The Hall–Kier alpha value is -3.06. The zero-order valence-electron chi connectivity index (χ0n) is 15.8. The van der Waals surface area contributed by atoms with Crippen LogP contribution in [0.2, 0.25) is 0 Å². The molecule has 3 rings (SSSR count). The van der Waals surface area contributed by atoms with Gasteiger partial charge in [0.1, 0.15) is 23.7 Å². The lowest BCUT2D eigenvalue weighted by Gasteiger charge is -2.49. The molecule has 1 aromatic heterocycles. The number of fused-ring (bicyclic) bond motifs is 1. The molecule has 1 saturated heterocycles. The molecule has 30 heavy (non-hydrogen) atoms. The first kappa shape index (κ1) is 21.6. The average Bonchev–Trinajstić information content (AvgIpc) is 3.13. The summed E-state index contributed by atoms with van der Waals surface area (Å²) in [7, 11) is 0. The average molecular weight is 454 g/mol. The lowest BCUT2D eigenvalue weighted by Crippen LogP contribution is -2.70. The number of nitrogens with two attached hydrogens (primary N) is 2. The molecule has 2 aliphatic heterocycles. The quantitative estimate of drug-likeness (QED) is 0.335. The van der Waals surface area contributed by atoms with Crippen LogP contribution in [0.15, 0.2) is 22.7 Å². The summed E-state index contributed by atoms with van der Waals surface area (Å²) in [6.45, 7) is 1.53. The molecular formula is C17H19N5O6S2. The van der Waals surface area contributed by atoms with Crippen LogP contribution in [0.5, 0.6) is 0 Å². The molecule has 0 unspecified atom stereocenters. The van der Waals surface area contributed by atoms with E-state index in [-0.39, 0.29) is 23.6 Å². The number of allylic oxidation sites excluding steroid dienone is 1. The number of nitrogen functional groups attached to an aromatic ring is 1. The van der Waals surface area contributed by atoms with Crippen LogP contribution >= 0.6 is 23.1 Å². The van der Waals surface area contributed by atoms with E-state index in [2.05, 4.69) is 15.0 Å². The topological polar surface area (TPSA) is 178 Å². The highest BCUT2D eigenvalue weighted by Gasteiger charge is 2.54. The fraction of sp³-hybridized carbons (Fsp3) is 0.353. The fourth-order valence-electron chi connectivity index (χ4n) is 3.10. The number of β-lactam (4-membered cyclic amide) rings is 1. The van der Waals surface area contributed by atoms with Gasteiger partial charge in [0.15, 0.2) is 5.13 Å². The molecule has 3 amide bonds. The molecular weight excluding hydrogens is 434 g/mol. The van der Waals surface area contributed by atoms with Crippen molar-refractivity contribution in [2.45, 2.75) is 24.8 Å². The number of carboxylic acids is 1. The minimum absolute atomic E-state index is 0.204. The number of rotatable bonds is 7. The Morgan fingerprint density at radius 1 is 1.47 bits per heavy atom. The zero-order valence-corrected chi connectivity index (χ0v) is 17.4. The number of carboxylic acid groups (broad SMARTS) is 1. The van der Waals surface area contributed by atoms with E-state index in [9.17, 15) is 24.3 Å². The van der Waals surface area contributed by atoms with E-state index in [1.54, 1.807) is 11.5 Å². The van der Waals surface area contributed by atoms with Crippen LogP contribution < -0.4 is 16.8 Å². The Morgan fingerprint density at radius 3 is 2.77 bits per heavy atom. The van der Waals surface area contributed by atoms with Crippen molar-refractivity contribution in [2.75, 3.05) is 18.1 Å². The maximum atomic E-state index is 12.8. The molecule has 160 valence electrons. The zero-order chi connectivity index (χ0) is 22.0. The Labute approximate surface area is 179 Å². The van der Waals surface area contributed by atoms with E-state index >= 15 is 0 Å². The van der Waals surface area contributed by atoms with Crippen LogP contribution in [0.1, 0.15) is 19.0 Å². The second-order valence-corrected chi connectivity index (χ2v) is 8.32. The molecule has 0 bridgehead atoms. The van der Waals surface area contributed by atoms with Gasteiger partial charge in [-0.2, -0.15) is 0 Å². The molecule has 0 aromatic carbocycles. The van der Waals surface area contributed by atoms with Crippen molar-refractivity contribution in [3.8, 4) is 0 Å². The standard InChI is InChI=1S/C17H19N5O6S2/c1-2-3-8(9-6-30-16(18)20-9)12(23)21-10-13(24)22-11(15(25)26)7(4-28-17(19)27)5-29-14(10)22/h3,6,10,14H,2,4-5H2,1H3,(H2,18,20)(H2,19,27)(H,21,23)(H,25,26)/b8-3-/t10-,14-/m0/s1. The highest BCUT2D eigenvalue weighted by atomic mass is 32.2. The van der Waals surface area contributed by atoms with Crippen LogP contribution in [-0.4, -0.2) is 62.6 Å². The predicted octanol–water partition coefficient (Wildman–Crippen LogP) is 0.353. The van der Waals surface area contributed by atoms with Gasteiger partial charge in [-0.15, -0.1) is 23.1 Å². The number of amides is 3. The molecule has 13 heteroatoms. The van der Waals surface area contributed by atoms with E-state index in [4.69, 9.17) is 11.5 Å². The highest BCUT2D eigenvalue weighted by Crippen LogP contribution is 2.40. The summed E-state index contributed by atoms with van der Waals surface area (Å²) in [5.41, 5.74) is 11.3. The monoisotopic (exact) mass is 453 g/mol. The smallest absolute Gasteiger partial charge is 0.404 e. The molecule has 1 fully saturated rings. The van der Waals surface area contributed by atoms with Crippen LogP contribution in [0.4, 0.5) is 9.93 Å². The highest BCUT2D eigenvalue weighted by molar-refractivity contribution is 8.00. The summed E-state index contributed by atoms with van der Waals surface area (Å²) in [6.07, 6.45) is 1.20. The number of hydrogen-bond acceptors (Lipinski definition) is 9. The van der Waals surface area contributed by atoms with Crippen molar-refractivity contribution in [3.63, 3.8) is 0 Å². The second-order valence-electron chi connectivity index (χ2n) is 6.32. The van der Waals surface area contributed by atoms with Crippen LogP contribution in [0, 0.1) is 0 Å². The normalized spacial score (nSPS) is 21.0. The Morgan fingerprint density at radius 2 is 2.20 bits per heavy atom. The van der Waals surface area contributed by atoms with Gasteiger partial charge < -0.3 is 26.6 Å². The fourth-order valence-corrected chi connectivity index (χ4v) is 4.99. The van der Waals surface area contributed by atoms with Crippen molar-refractivity contribution >= 4 is 57.7 Å². The van der Waals surface area contributed by atoms with E-state index in [1.807, 2.05) is 6.92 Å². The number of hydrogen-bond donors (Lipinski definition) is 4. The third-order valence-electron chi connectivity index (χ3n) is 4.38. The lowest BCUT2D eigenvalue weighted by molar-refractivity contribution is -0.150. The van der Waals surface area contributed by atoms with Crippen molar-refractivity contribution in [1.82, 2.24) is 15.2 Å². The number of primary amides is 1. The third-order valence-corrected chi connectivity index (χ3v) is 6.39. The number of thiazole rings is 1. The number of anilines is 1. The minimum Gasteiger partial charge on any atom is -0.477 e. The minimum atomic E-state index is -1.33. The molecule has 0 aliphatic carbocycles. The van der Waals surface area contributed by atoms with Gasteiger partial charge in [0.2, 0.25) is 0 Å². The Bertz CT molecular complexity index is 972. The van der Waals surface area contributed by atoms with Gasteiger partial charge in [0, 0.05) is 16.7 Å². The van der Waals surface area contributed by atoms with Crippen molar-refractivity contribution < 1.29 is 29.0 Å². The van der Waals surface area contributed by atoms with Crippen LogP contribution in [0.3, 0.4) is 0 Å². The summed E-state index contributed by atoms with van der Waals surface area (Å²) in [6, 6.07) is -0.897. The molecule has 6 N–H and O–H groups in total. The number of aromatic nitrogens is 1. The van der Waals surface area contributed by atoms with Gasteiger partial charge in [-0.3, -0.25) is 14.5 Å². The molecule has 1 aromatic rings. The van der Waals surface area contributed by atoms with Crippen molar-refractivity contribution in [3.05, 3.63) is 28.4 Å². The molecule has 2 atom stereocenters. The number of nitrogens with one attached hydrogen (secondary N) is 1. The summed E-state index contributed by atoms with van der Waals surface area (Å²) in [5, 5.41) is 13.6. The number of aliphatic carboxylic acids is 1. The first-order valence-electron chi connectivity index (χ1n) is 8.79. The summed E-state index contributed by atoms with van der Waals surface area (Å²) in [5.74, 6) is -2.19. The largest absolute Gasteiger partial charge is 0.477 e. The molecule has 11 nitrogen and oxygen atoms in total. The number of nitrogens with zero attached hydrogens (tertiary/aromatic N) is 2. The first-order chi connectivity index (χ1) is 14.2. The van der Waals surface area contributed by atoms with Gasteiger partial charge in [0.25, 0.3) is 11.8 Å². The van der Waals surface area contributed by atoms with Gasteiger partial charge in [-0.05, 0) is 6.42 Å². The van der Waals surface area contributed by atoms with Gasteiger partial charge >= 0.3 is 12.1 Å². The molecule has 2 aliphatic rings. The Kier molecular flexibility index (Phi) is 6.31. The second kappa shape index (κ2) is 8.75. The van der Waals surface area contributed by atoms with Crippen molar-refractivity contribution in [1.29, 1.82) is 0 Å². The molecule has 3 heterocycles. The third kappa shape index (κ3) is 4.11. The van der Waals surface area contributed by atoms with E-state index in [1.165, 1.54) is 23.1 Å². The summed E-state index contributed by atoms with van der Waals surface area (Å²) >= 11 is 2.45. The number of ether oxygens (including phenoxy) is 1. The van der Waals surface area contributed by atoms with Crippen molar-refractivity contribution in [2.24, 2.45) is 5.73 Å². The SMILES string of the molecule is CC/C=C(\C(=O)N[C@H]1C(=O)N2C(C(=O)O)=C(COC(N)=O)CS[C@@H]12)c1csc(N)n1. The summed E-state index contributed by atoms with van der Waals surface area (Å²) in [4.78, 5) is 53.2. The predicted molar refractivity (Wildman–Crippen MR) is 110 cm³/mol. The molecule has 0 radical (unpaired) electrons. The van der Waals surface area contributed by atoms with E-state index < -0.39 is 35.3 Å². The lowest BCUT2D eigenvalue weighted by atomic mass is 10.0. The first-order valence-corrected chi connectivity index (χ1v) is 10.7. The summed E-state index contributed by atoms with van der Waals surface area (Å²) < 4.78 is 4.68. The van der Waals surface area contributed by atoms with E-state index in [0.29, 0.717) is 22.8 Å². The van der Waals surface area contributed by atoms with Gasteiger partial charge in [0.05, 0.1) is 11.3 Å². The van der Waals surface area contributed by atoms with Gasteiger partial charge in [-0.25, -0.2) is 14.6 Å². The maximum Gasteiger partial charge on any atom is 0.404 e. The number of carbonyl (C=O) groups excluding carboxylic acids is 3.